The van der Waals surface area contributed by atoms with Crippen molar-refractivity contribution >= 4 is 39.0 Å². The number of hydrogen-bond donors (Lipinski definition) is 1. The van der Waals surface area contributed by atoms with E-state index in [0.29, 0.717) is 18.3 Å². The normalized spacial score (nSPS) is 13.4. The number of fused-ring (bicyclic) bond motifs is 5. The maximum atomic E-state index is 13.1. The molecule has 0 saturated carbocycles. The SMILES string of the molecule is C=CCn1c(=O)c2c3c(sc2n2c(Nc4ccccc4)nnc12)CCC3. The van der Waals surface area contributed by atoms with E-state index in [-0.39, 0.29) is 5.56 Å². The smallest absolute Gasteiger partial charge is 0.264 e. The number of nitrogens with one attached hydrogen (secondary N) is 1. The predicted octanol–water partition coefficient (Wildman–Crippen LogP) is 3.52. The maximum Gasteiger partial charge on any atom is 0.264 e. The van der Waals surface area contributed by atoms with Crippen molar-refractivity contribution in [3.63, 3.8) is 0 Å². The molecule has 1 aliphatic carbocycles. The van der Waals surface area contributed by atoms with Gasteiger partial charge < -0.3 is 5.32 Å². The van der Waals surface area contributed by atoms with Crippen molar-refractivity contribution in [2.24, 2.45) is 0 Å². The Hall–Kier alpha value is -2.93. The summed E-state index contributed by atoms with van der Waals surface area (Å²) in [6.45, 7) is 4.20. The molecule has 26 heavy (non-hydrogen) atoms. The molecular formula is C19H17N5OS. The molecule has 0 saturated heterocycles. The van der Waals surface area contributed by atoms with Crippen LogP contribution in [0.4, 0.5) is 11.6 Å². The summed E-state index contributed by atoms with van der Waals surface area (Å²) in [4.78, 5) is 15.4. The summed E-state index contributed by atoms with van der Waals surface area (Å²) in [5.74, 6) is 1.16. The lowest BCUT2D eigenvalue weighted by atomic mass is 10.2. The highest BCUT2D eigenvalue weighted by molar-refractivity contribution is 7.19. The third-order valence-corrected chi connectivity index (χ3v) is 6.07. The van der Waals surface area contributed by atoms with E-state index in [2.05, 4.69) is 22.1 Å². The van der Waals surface area contributed by atoms with E-state index in [1.807, 2.05) is 34.7 Å². The minimum atomic E-state index is 0.00506. The van der Waals surface area contributed by atoms with Gasteiger partial charge in [-0.15, -0.1) is 28.1 Å². The summed E-state index contributed by atoms with van der Waals surface area (Å²) >= 11 is 1.69. The van der Waals surface area contributed by atoms with Crippen LogP contribution in [0.5, 0.6) is 0 Å². The number of para-hydroxylation sites is 1. The molecule has 0 aliphatic heterocycles. The lowest BCUT2D eigenvalue weighted by Gasteiger charge is -2.09. The molecule has 0 amide bonds. The lowest BCUT2D eigenvalue weighted by Crippen LogP contribution is -2.22. The Morgan fingerprint density at radius 2 is 2.08 bits per heavy atom. The minimum absolute atomic E-state index is 0.00506. The second-order valence-corrected chi connectivity index (χ2v) is 7.48. The Labute approximate surface area is 153 Å². The first-order valence-electron chi connectivity index (χ1n) is 8.63. The second kappa shape index (κ2) is 5.81. The first kappa shape index (κ1) is 15.3. The van der Waals surface area contributed by atoms with Gasteiger partial charge in [0.25, 0.3) is 5.56 Å². The molecule has 7 heteroatoms. The van der Waals surface area contributed by atoms with E-state index in [0.717, 1.165) is 35.2 Å². The fourth-order valence-electron chi connectivity index (χ4n) is 3.66. The molecule has 0 bridgehead atoms. The van der Waals surface area contributed by atoms with Crippen LogP contribution >= 0.6 is 11.3 Å². The molecule has 3 heterocycles. The van der Waals surface area contributed by atoms with E-state index < -0.39 is 0 Å². The molecule has 0 unspecified atom stereocenters. The van der Waals surface area contributed by atoms with Gasteiger partial charge in [0.15, 0.2) is 0 Å². The lowest BCUT2D eigenvalue weighted by molar-refractivity contribution is 0.786. The number of anilines is 2. The van der Waals surface area contributed by atoms with Crippen LogP contribution in [0.3, 0.4) is 0 Å². The fraction of sp³-hybridized carbons (Fsp3) is 0.211. The number of nitrogens with zero attached hydrogens (tertiary/aromatic N) is 4. The quantitative estimate of drug-likeness (QED) is 0.564. The van der Waals surface area contributed by atoms with Gasteiger partial charge in [-0.25, -0.2) is 4.40 Å². The number of benzene rings is 1. The molecule has 3 aromatic heterocycles. The summed E-state index contributed by atoms with van der Waals surface area (Å²) < 4.78 is 3.63. The van der Waals surface area contributed by atoms with Crippen molar-refractivity contribution in [3.05, 3.63) is 63.8 Å². The molecular weight excluding hydrogens is 346 g/mol. The van der Waals surface area contributed by atoms with Gasteiger partial charge in [-0.2, -0.15) is 0 Å². The summed E-state index contributed by atoms with van der Waals surface area (Å²) in [5, 5.41) is 12.8. The highest BCUT2D eigenvalue weighted by atomic mass is 32.1. The van der Waals surface area contributed by atoms with Gasteiger partial charge in [0.2, 0.25) is 11.7 Å². The zero-order valence-corrected chi connectivity index (χ0v) is 14.9. The van der Waals surface area contributed by atoms with Crippen LogP contribution in [0.25, 0.3) is 16.0 Å². The summed E-state index contributed by atoms with van der Waals surface area (Å²) in [5.41, 5.74) is 2.14. The monoisotopic (exact) mass is 363 g/mol. The first-order valence-corrected chi connectivity index (χ1v) is 9.44. The van der Waals surface area contributed by atoms with Gasteiger partial charge in [0, 0.05) is 17.1 Å². The third kappa shape index (κ3) is 2.13. The standard InChI is InChI=1S/C19H17N5OS/c1-2-11-23-16(25)15-13-9-6-10-14(13)26-17(15)24-18(21-22-19(23)24)20-12-7-4-3-5-8-12/h2-5,7-8H,1,6,9-11H2,(H,20,21). The van der Waals surface area contributed by atoms with Gasteiger partial charge in [0.05, 0.1) is 5.39 Å². The molecule has 5 rings (SSSR count). The van der Waals surface area contributed by atoms with Crippen molar-refractivity contribution in [3.8, 4) is 0 Å². The van der Waals surface area contributed by atoms with E-state index in [1.54, 1.807) is 22.0 Å². The highest BCUT2D eigenvalue weighted by Gasteiger charge is 2.25. The number of aryl methyl sites for hydroxylation is 2. The number of rotatable bonds is 4. The Kier molecular flexibility index (Phi) is 3.43. The van der Waals surface area contributed by atoms with Crippen molar-refractivity contribution in [1.82, 2.24) is 19.2 Å². The molecule has 4 aromatic rings. The van der Waals surface area contributed by atoms with Crippen LogP contribution in [0.2, 0.25) is 0 Å². The van der Waals surface area contributed by atoms with Crippen molar-refractivity contribution < 1.29 is 0 Å². The van der Waals surface area contributed by atoms with Crippen molar-refractivity contribution in [2.45, 2.75) is 25.8 Å². The average molecular weight is 363 g/mol. The number of thiophene rings is 1. The third-order valence-electron chi connectivity index (χ3n) is 4.79. The van der Waals surface area contributed by atoms with Gasteiger partial charge >= 0.3 is 0 Å². The average Bonchev–Trinajstić information content (AvgIpc) is 3.33. The molecule has 1 aromatic carbocycles. The van der Waals surface area contributed by atoms with Crippen molar-refractivity contribution in [2.75, 3.05) is 5.32 Å². The van der Waals surface area contributed by atoms with Gasteiger partial charge in [-0.3, -0.25) is 9.36 Å². The van der Waals surface area contributed by atoms with Gasteiger partial charge in [-0.1, -0.05) is 24.3 Å². The number of allylic oxidation sites excluding steroid dienone is 1. The largest absolute Gasteiger partial charge is 0.324 e. The van der Waals surface area contributed by atoms with Crippen LogP contribution in [0, 0.1) is 0 Å². The van der Waals surface area contributed by atoms with Gasteiger partial charge in [0.1, 0.15) is 4.83 Å². The predicted molar refractivity (Wildman–Crippen MR) is 105 cm³/mol. The molecule has 0 fully saturated rings. The topological polar surface area (TPSA) is 64.2 Å². The molecule has 1 aliphatic rings. The zero-order valence-electron chi connectivity index (χ0n) is 14.1. The van der Waals surface area contributed by atoms with Crippen LogP contribution in [-0.4, -0.2) is 19.2 Å². The van der Waals surface area contributed by atoms with E-state index in [9.17, 15) is 4.79 Å². The van der Waals surface area contributed by atoms with Crippen LogP contribution in [0.1, 0.15) is 16.9 Å². The summed E-state index contributed by atoms with van der Waals surface area (Å²) in [7, 11) is 0. The Bertz CT molecular complexity index is 1200. The molecule has 0 spiro atoms. The molecule has 0 atom stereocenters. The maximum absolute atomic E-state index is 13.1. The van der Waals surface area contributed by atoms with Crippen LogP contribution < -0.4 is 10.9 Å². The van der Waals surface area contributed by atoms with E-state index in [1.165, 1.54) is 10.4 Å². The molecule has 6 nitrogen and oxygen atoms in total. The molecule has 0 radical (unpaired) electrons. The molecule has 1 N–H and O–H groups in total. The minimum Gasteiger partial charge on any atom is -0.324 e. The fourth-order valence-corrected chi connectivity index (χ4v) is 5.04. The molecule has 130 valence electrons. The van der Waals surface area contributed by atoms with Crippen molar-refractivity contribution in [1.29, 1.82) is 0 Å². The number of hydrogen-bond acceptors (Lipinski definition) is 5. The highest BCUT2D eigenvalue weighted by Crippen LogP contribution is 2.36. The van der Waals surface area contributed by atoms with Crippen LogP contribution in [-0.2, 0) is 19.4 Å². The van der Waals surface area contributed by atoms with Crippen LogP contribution in [0.15, 0.2) is 47.8 Å². The Balaban J connectivity index is 1.84. The summed E-state index contributed by atoms with van der Waals surface area (Å²) in [6.07, 6.45) is 4.85. The Morgan fingerprint density at radius 3 is 2.88 bits per heavy atom. The number of aromatic nitrogens is 4. The van der Waals surface area contributed by atoms with E-state index >= 15 is 0 Å². The van der Waals surface area contributed by atoms with E-state index in [4.69, 9.17) is 0 Å². The summed E-state index contributed by atoms with van der Waals surface area (Å²) in [6, 6.07) is 9.86. The first-order chi connectivity index (χ1) is 12.8. The zero-order chi connectivity index (χ0) is 17.7. The second-order valence-electron chi connectivity index (χ2n) is 6.39. The van der Waals surface area contributed by atoms with Gasteiger partial charge in [-0.05, 0) is 37.0 Å². The Morgan fingerprint density at radius 1 is 1.23 bits per heavy atom.